The smallest absolute Gasteiger partial charge is 0.237 e. The molecule has 1 aromatic carbocycles. The second-order valence-corrected chi connectivity index (χ2v) is 7.75. The molecular weight excluding hydrogens is 326 g/mol. The molecule has 5 nitrogen and oxygen atoms in total. The van der Waals surface area contributed by atoms with Gasteiger partial charge in [0, 0.05) is 32.7 Å². The highest BCUT2D eigenvalue weighted by Gasteiger charge is 2.34. The molecular formula is C21H31N3O2. The molecule has 1 heterocycles. The van der Waals surface area contributed by atoms with Gasteiger partial charge in [-0.15, -0.1) is 0 Å². The molecule has 2 aliphatic rings. The third-order valence-corrected chi connectivity index (χ3v) is 5.34. The van der Waals surface area contributed by atoms with E-state index in [1.807, 2.05) is 4.90 Å². The minimum atomic E-state index is -0.365. The highest BCUT2D eigenvalue weighted by molar-refractivity contribution is 5.88. The fourth-order valence-corrected chi connectivity index (χ4v) is 3.60. The molecule has 1 aliphatic heterocycles. The van der Waals surface area contributed by atoms with Crippen LogP contribution in [-0.4, -0.2) is 53.8 Å². The minimum Gasteiger partial charge on any atom is -0.353 e. The van der Waals surface area contributed by atoms with Crippen molar-refractivity contribution in [3.8, 4) is 0 Å². The maximum Gasteiger partial charge on any atom is 0.237 e. The number of hydrogen-bond acceptors (Lipinski definition) is 3. The predicted molar refractivity (Wildman–Crippen MR) is 103 cm³/mol. The van der Waals surface area contributed by atoms with Gasteiger partial charge >= 0.3 is 0 Å². The molecule has 0 radical (unpaired) electrons. The molecule has 142 valence electrons. The zero-order valence-corrected chi connectivity index (χ0v) is 16.0. The minimum absolute atomic E-state index is 0.0143. The van der Waals surface area contributed by atoms with Gasteiger partial charge in [0.25, 0.3) is 0 Å². The lowest BCUT2D eigenvalue weighted by Gasteiger charge is -2.36. The van der Waals surface area contributed by atoms with Crippen molar-refractivity contribution in [2.24, 2.45) is 5.92 Å². The van der Waals surface area contributed by atoms with Crippen LogP contribution in [0, 0.1) is 12.8 Å². The number of amides is 2. The van der Waals surface area contributed by atoms with E-state index in [1.165, 1.54) is 24.0 Å². The Hall–Kier alpha value is -1.88. The Morgan fingerprint density at radius 2 is 2.00 bits per heavy atom. The lowest BCUT2D eigenvalue weighted by Crippen LogP contribution is -2.56. The van der Waals surface area contributed by atoms with Crippen LogP contribution >= 0.6 is 0 Å². The van der Waals surface area contributed by atoms with E-state index < -0.39 is 0 Å². The van der Waals surface area contributed by atoms with Crippen LogP contribution in [0.15, 0.2) is 24.3 Å². The Labute approximate surface area is 156 Å². The third kappa shape index (κ3) is 5.07. The van der Waals surface area contributed by atoms with Crippen molar-refractivity contribution in [3.63, 3.8) is 0 Å². The fourth-order valence-electron chi connectivity index (χ4n) is 3.60. The molecule has 2 amide bonds. The first-order valence-electron chi connectivity index (χ1n) is 9.92. The van der Waals surface area contributed by atoms with E-state index in [2.05, 4.69) is 48.3 Å². The van der Waals surface area contributed by atoms with Crippen LogP contribution in [0.25, 0.3) is 0 Å². The quantitative estimate of drug-likeness (QED) is 0.777. The summed E-state index contributed by atoms with van der Waals surface area (Å²) in [6.07, 6.45) is 3.71. The van der Waals surface area contributed by atoms with Gasteiger partial charge in [0.15, 0.2) is 0 Å². The van der Waals surface area contributed by atoms with Gasteiger partial charge in [-0.25, -0.2) is 0 Å². The number of piperazine rings is 1. The van der Waals surface area contributed by atoms with E-state index in [0.29, 0.717) is 19.0 Å². The average molecular weight is 357 g/mol. The van der Waals surface area contributed by atoms with Crippen molar-refractivity contribution in [2.45, 2.75) is 52.1 Å². The molecule has 0 unspecified atom stereocenters. The normalized spacial score (nSPS) is 20.7. The Kier molecular flexibility index (Phi) is 6.30. The highest BCUT2D eigenvalue weighted by Crippen LogP contribution is 2.30. The number of hydrogen-bond donors (Lipinski definition) is 1. The Bertz CT molecular complexity index is 625. The molecule has 0 aromatic heterocycles. The van der Waals surface area contributed by atoms with E-state index in [0.717, 1.165) is 26.1 Å². The summed E-state index contributed by atoms with van der Waals surface area (Å²) in [6, 6.07) is 8.04. The summed E-state index contributed by atoms with van der Waals surface area (Å²) >= 11 is 0. The zero-order chi connectivity index (χ0) is 18.5. The Morgan fingerprint density at radius 1 is 1.27 bits per heavy atom. The van der Waals surface area contributed by atoms with E-state index in [1.54, 1.807) is 0 Å². The molecule has 1 saturated heterocycles. The summed E-state index contributed by atoms with van der Waals surface area (Å²) in [6.45, 7) is 7.97. The fraction of sp³-hybridized carbons (Fsp3) is 0.619. The summed E-state index contributed by atoms with van der Waals surface area (Å²) in [5, 5.41) is 2.94. The van der Waals surface area contributed by atoms with Gasteiger partial charge in [0.1, 0.15) is 0 Å². The second-order valence-electron chi connectivity index (χ2n) is 7.75. The first kappa shape index (κ1) is 18.9. The zero-order valence-electron chi connectivity index (χ0n) is 16.0. The lowest BCUT2D eigenvalue weighted by atomic mass is 10.1. The van der Waals surface area contributed by atoms with Crippen LogP contribution in [0.5, 0.6) is 0 Å². The summed E-state index contributed by atoms with van der Waals surface area (Å²) in [5.41, 5.74) is 2.42. The molecule has 1 atom stereocenters. The number of benzene rings is 1. The second kappa shape index (κ2) is 8.67. The first-order valence-corrected chi connectivity index (χ1v) is 9.92. The maximum atomic E-state index is 12.9. The Morgan fingerprint density at radius 3 is 2.65 bits per heavy atom. The van der Waals surface area contributed by atoms with Crippen molar-refractivity contribution in [1.29, 1.82) is 0 Å². The number of rotatable bonds is 8. The summed E-state index contributed by atoms with van der Waals surface area (Å²) in [5.74, 6) is 0.781. The predicted octanol–water partition coefficient (Wildman–Crippen LogP) is 2.33. The molecule has 3 rings (SSSR count). The molecule has 1 N–H and O–H groups in total. The van der Waals surface area contributed by atoms with Crippen molar-refractivity contribution in [2.75, 3.05) is 26.2 Å². The van der Waals surface area contributed by atoms with Crippen LogP contribution in [0.3, 0.4) is 0 Å². The standard InChI is InChI=1S/C21H31N3O2/c1-3-11-24(15-18-8-9-18)20(25)13-19-21(26)22-10-12-23(19)14-17-6-4-16(2)5-7-17/h4-7,18-19H,3,8-15H2,1-2H3,(H,22,26)/t19-/m0/s1. The van der Waals surface area contributed by atoms with Crippen molar-refractivity contribution in [3.05, 3.63) is 35.4 Å². The van der Waals surface area contributed by atoms with E-state index >= 15 is 0 Å². The van der Waals surface area contributed by atoms with Gasteiger partial charge in [-0.1, -0.05) is 36.8 Å². The molecule has 1 saturated carbocycles. The molecule has 0 bridgehead atoms. The van der Waals surface area contributed by atoms with Gasteiger partial charge in [0.2, 0.25) is 11.8 Å². The van der Waals surface area contributed by atoms with Crippen molar-refractivity contribution < 1.29 is 9.59 Å². The van der Waals surface area contributed by atoms with Gasteiger partial charge in [0.05, 0.1) is 12.5 Å². The number of aryl methyl sites for hydroxylation is 1. The molecule has 1 aliphatic carbocycles. The largest absolute Gasteiger partial charge is 0.353 e. The SMILES string of the molecule is CCCN(CC1CC1)C(=O)C[C@H]1C(=O)NCCN1Cc1ccc(C)cc1. The number of nitrogens with zero attached hydrogens (tertiary/aromatic N) is 2. The van der Waals surface area contributed by atoms with Crippen molar-refractivity contribution >= 4 is 11.8 Å². The third-order valence-electron chi connectivity index (χ3n) is 5.34. The molecule has 26 heavy (non-hydrogen) atoms. The van der Waals surface area contributed by atoms with Gasteiger partial charge < -0.3 is 10.2 Å². The highest BCUT2D eigenvalue weighted by atomic mass is 16.2. The Balaban J connectivity index is 1.65. The van der Waals surface area contributed by atoms with Crippen LogP contribution in [-0.2, 0) is 16.1 Å². The molecule has 1 aromatic rings. The van der Waals surface area contributed by atoms with E-state index in [9.17, 15) is 9.59 Å². The number of nitrogens with one attached hydrogen (secondary N) is 1. The van der Waals surface area contributed by atoms with Gasteiger partial charge in [-0.05, 0) is 37.7 Å². The summed E-state index contributed by atoms with van der Waals surface area (Å²) in [7, 11) is 0. The topological polar surface area (TPSA) is 52.7 Å². The van der Waals surface area contributed by atoms with Crippen LogP contribution in [0.1, 0.15) is 43.7 Å². The van der Waals surface area contributed by atoms with Crippen LogP contribution in [0.4, 0.5) is 0 Å². The van der Waals surface area contributed by atoms with Crippen LogP contribution < -0.4 is 5.32 Å². The summed E-state index contributed by atoms with van der Waals surface area (Å²) in [4.78, 5) is 29.5. The van der Waals surface area contributed by atoms with Gasteiger partial charge in [-0.3, -0.25) is 14.5 Å². The van der Waals surface area contributed by atoms with E-state index in [4.69, 9.17) is 0 Å². The maximum absolute atomic E-state index is 12.9. The summed E-state index contributed by atoms with van der Waals surface area (Å²) < 4.78 is 0. The monoisotopic (exact) mass is 357 g/mol. The van der Waals surface area contributed by atoms with Crippen LogP contribution in [0.2, 0.25) is 0 Å². The molecule has 2 fully saturated rings. The average Bonchev–Trinajstić information content (AvgIpc) is 3.43. The first-order chi connectivity index (χ1) is 12.6. The number of carbonyl (C=O) groups is 2. The van der Waals surface area contributed by atoms with Crippen molar-refractivity contribution in [1.82, 2.24) is 15.1 Å². The van der Waals surface area contributed by atoms with E-state index in [-0.39, 0.29) is 24.3 Å². The molecule has 0 spiro atoms. The lowest BCUT2D eigenvalue weighted by molar-refractivity contribution is -0.139. The molecule has 5 heteroatoms. The van der Waals surface area contributed by atoms with Gasteiger partial charge in [-0.2, -0.15) is 0 Å². The number of carbonyl (C=O) groups excluding carboxylic acids is 2.